The molecule has 0 unspecified atom stereocenters. The highest BCUT2D eigenvalue weighted by atomic mass is 16.5. The van der Waals surface area contributed by atoms with Crippen molar-refractivity contribution < 1.29 is 14.2 Å². The van der Waals surface area contributed by atoms with Gasteiger partial charge in [-0.15, -0.1) is 0 Å². The number of benzene rings is 2. The highest BCUT2D eigenvalue weighted by Gasteiger charge is 2.33. The van der Waals surface area contributed by atoms with Crippen LogP contribution in [0.25, 0.3) is 0 Å². The summed E-state index contributed by atoms with van der Waals surface area (Å²) in [4.78, 5) is 0. The molecule has 27 heavy (non-hydrogen) atoms. The van der Waals surface area contributed by atoms with Crippen LogP contribution in [0.4, 0.5) is 5.95 Å². The molecule has 2 atom stereocenters. The summed E-state index contributed by atoms with van der Waals surface area (Å²) in [6.07, 6.45) is 0.758. The predicted molar refractivity (Wildman–Crippen MR) is 99.5 cm³/mol. The Morgan fingerprint density at radius 2 is 1.74 bits per heavy atom. The smallest absolute Gasteiger partial charge is 0.243 e. The van der Waals surface area contributed by atoms with E-state index in [-0.39, 0.29) is 12.1 Å². The zero-order valence-corrected chi connectivity index (χ0v) is 15.4. The fourth-order valence-corrected chi connectivity index (χ4v) is 3.59. The summed E-state index contributed by atoms with van der Waals surface area (Å²) in [6, 6.07) is 14.0. The number of hydrogen-bond acceptors (Lipinski definition) is 7. The van der Waals surface area contributed by atoms with Crippen LogP contribution in [0.3, 0.4) is 0 Å². The number of methoxy groups -OCH3 is 3. The van der Waals surface area contributed by atoms with Crippen LogP contribution in [-0.2, 0) is 0 Å². The lowest BCUT2D eigenvalue weighted by Crippen LogP contribution is -2.28. The molecule has 2 heterocycles. The summed E-state index contributed by atoms with van der Waals surface area (Å²) in [6.45, 7) is 0. The summed E-state index contributed by atoms with van der Waals surface area (Å²) < 4.78 is 18.4. The Bertz CT molecular complexity index is 928. The fourth-order valence-electron chi connectivity index (χ4n) is 3.59. The Balaban J connectivity index is 1.78. The second kappa shape index (κ2) is 7.14. The molecule has 2 aromatic carbocycles. The number of nitrogens with zero attached hydrogens (tertiary/aromatic N) is 4. The van der Waals surface area contributed by atoms with Crippen molar-refractivity contribution in [1.29, 1.82) is 0 Å². The number of fused-ring (bicyclic) bond motifs is 1. The van der Waals surface area contributed by atoms with Crippen molar-refractivity contribution in [3.05, 3.63) is 53.6 Å². The average molecular weight is 367 g/mol. The van der Waals surface area contributed by atoms with Crippen molar-refractivity contribution in [2.24, 2.45) is 0 Å². The van der Waals surface area contributed by atoms with Crippen molar-refractivity contribution >= 4 is 5.95 Å². The average Bonchev–Trinajstić information content (AvgIpc) is 3.21. The van der Waals surface area contributed by atoms with Gasteiger partial charge in [-0.1, -0.05) is 35.4 Å². The third-order valence-corrected chi connectivity index (χ3v) is 4.84. The summed E-state index contributed by atoms with van der Waals surface area (Å²) >= 11 is 0. The number of rotatable bonds is 5. The van der Waals surface area contributed by atoms with Gasteiger partial charge in [0.2, 0.25) is 11.7 Å². The SMILES string of the molecule is COc1ccc([C@H]2C[C@@H](c3ccccc3)n3nnnc3N2)c(OC)c1OC. The zero-order valence-electron chi connectivity index (χ0n) is 15.4. The second-order valence-electron chi connectivity index (χ2n) is 6.23. The highest BCUT2D eigenvalue weighted by Crippen LogP contribution is 2.46. The molecule has 1 aliphatic heterocycles. The molecule has 140 valence electrons. The van der Waals surface area contributed by atoms with E-state index in [0.29, 0.717) is 23.2 Å². The normalized spacial score (nSPS) is 18.3. The summed E-state index contributed by atoms with van der Waals surface area (Å²) in [7, 11) is 4.84. The van der Waals surface area contributed by atoms with Gasteiger partial charge < -0.3 is 19.5 Å². The third-order valence-electron chi connectivity index (χ3n) is 4.84. The number of anilines is 1. The van der Waals surface area contributed by atoms with E-state index in [2.05, 4.69) is 33.0 Å². The van der Waals surface area contributed by atoms with Gasteiger partial charge in [-0.3, -0.25) is 0 Å². The summed E-state index contributed by atoms with van der Waals surface area (Å²) in [5.74, 6) is 2.46. The fraction of sp³-hybridized carbons (Fsp3) is 0.316. The van der Waals surface area contributed by atoms with Crippen LogP contribution < -0.4 is 19.5 Å². The van der Waals surface area contributed by atoms with E-state index in [1.807, 2.05) is 35.0 Å². The minimum absolute atomic E-state index is 0.0141. The van der Waals surface area contributed by atoms with E-state index < -0.39 is 0 Å². The maximum atomic E-state index is 5.67. The number of tetrazole rings is 1. The monoisotopic (exact) mass is 367 g/mol. The van der Waals surface area contributed by atoms with Crippen LogP contribution in [-0.4, -0.2) is 41.5 Å². The second-order valence-corrected chi connectivity index (χ2v) is 6.23. The lowest BCUT2D eigenvalue weighted by molar-refractivity contribution is 0.319. The van der Waals surface area contributed by atoms with Crippen LogP contribution in [0.1, 0.15) is 29.6 Å². The first kappa shape index (κ1) is 17.1. The Kier molecular flexibility index (Phi) is 4.53. The van der Waals surface area contributed by atoms with Gasteiger partial charge in [-0.2, -0.15) is 0 Å². The number of hydrogen-bond donors (Lipinski definition) is 1. The zero-order chi connectivity index (χ0) is 18.8. The van der Waals surface area contributed by atoms with E-state index in [1.165, 1.54) is 0 Å². The van der Waals surface area contributed by atoms with Crippen molar-refractivity contribution in [3.8, 4) is 17.2 Å². The molecule has 0 amide bonds. The topological polar surface area (TPSA) is 83.3 Å². The summed E-state index contributed by atoms with van der Waals surface area (Å²) in [5.41, 5.74) is 2.11. The minimum Gasteiger partial charge on any atom is -0.493 e. The van der Waals surface area contributed by atoms with Crippen molar-refractivity contribution in [3.63, 3.8) is 0 Å². The maximum absolute atomic E-state index is 5.67. The van der Waals surface area contributed by atoms with Gasteiger partial charge in [-0.25, -0.2) is 4.68 Å². The van der Waals surface area contributed by atoms with Crippen LogP contribution in [0.5, 0.6) is 17.2 Å². The Morgan fingerprint density at radius 3 is 2.44 bits per heavy atom. The standard InChI is InChI=1S/C19H21N5O3/c1-25-16-10-9-13(17(26-2)18(16)27-3)14-11-15(12-7-5-4-6-8-12)24-19(20-14)21-22-23-24/h4-10,14-15H,11H2,1-3H3,(H,20,21,23)/t14-,15+/m1/s1. The largest absolute Gasteiger partial charge is 0.493 e. The molecule has 4 rings (SSSR count). The first-order valence-electron chi connectivity index (χ1n) is 8.65. The molecule has 0 saturated heterocycles. The van der Waals surface area contributed by atoms with Crippen molar-refractivity contribution in [1.82, 2.24) is 20.2 Å². The molecule has 0 aliphatic carbocycles. The molecule has 0 spiro atoms. The van der Waals surface area contributed by atoms with Gasteiger partial charge in [0.25, 0.3) is 0 Å². The lowest BCUT2D eigenvalue weighted by atomic mass is 9.92. The Labute approximate surface area is 157 Å². The van der Waals surface area contributed by atoms with Gasteiger partial charge in [0, 0.05) is 5.56 Å². The quantitative estimate of drug-likeness (QED) is 0.742. The molecule has 0 bridgehead atoms. The van der Waals surface area contributed by atoms with E-state index >= 15 is 0 Å². The van der Waals surface area contributed by atoms with Crippen LogP contribution >= 0.6 is 0 Å². The first-order valence-corrected chi connectivity index (χ1v) is 8.65. The summed E-state index contributed by atoms with van der Waals surface area (Å²) in [5, 5.41) is 15.5. The lowest BCUT2D eigenvalue weighted by Gasteiger charge is -2.32. The first-order chi connectivity index (χ1) is 13.3. The number of nitrogens with one attached hydrogen (secondary N) is 1. The molecule has 1 aromatic heterocycles. The van der Waals surface area contributed by atoms with Gasteiger partial charge in [0.05, 0.1) is 33.4 Å². The van der Waals surface area contributed by atoms with E-state index in [1.54, 1.807) is 21.3 Å². The highest BCUT2D eigenvalue weighted by molar-refractivity contribution is 5.58. The van der Waals surface area contributed by atoms with E-state index in [0.717, 1.165) is 17.5 Å². The van der Waals surface area contributed by atoms with Crippen LogP contribution in [0.15, 0.2) is 42.5 Å². The Hall–Kier alpha value is -3.29. The molecule has 1 N–H and O–H groups in total. The van der Waals surface area contributed by atoms with Crippen molar-refractivity contribution in [2.45, 2.75) is 18.5 Å². The van der Waals surface area contributed by atoms with Gasteiger partial charge >= 0.3 is 0 Å². The predicted octanol–water partition coefficient (Wildman–Crippen LogP) is 2.85. The van der Waals surface area contributed by atoms with Crippen LogP contribution in [0.2, 0.25) is 0 Å². The van der Waals surface area contributed by atoms with Gasteiger partial charge in [-0.05, 0) is 34.5 Å². The van der Waals surface area contributed by atoms with Crippen LogP contribution in [0, 0.1) is 0 Å². The number of ether oxygens (including phenoxy) is 3. The minimum atomic E-state index is -0.0523. The molecular weight excluding hydrogens is 346 g/mol. The molecule has 3 aromatic rings. The van der Waals surface area contributed by atoms with Gasteiger partial charge in [0.15, 0.2) is 11.5 Å². The number of aromatic nitrogens is 4. The Morgan fingerprint density at radius 1 is 0.963 bits per heavy atom. The molecule has 1 aliphatic rings. The molecule has 0 saturated carbocycles. The molecule has 0 radical (unpaired) electrons. The molecule has 8 nitrogen and oxygen atoms in total. The third kappa shape index (κ3) is 2.92. The van der Waals surface area contributed by atoms with E-state index in [9.17, 15) is 0 Å². The van der Waals surface area contributed by atoms with E-state index in [4.69, 9.17) is 14.2 Å². The molecular formula is C19H21N5O3. The molecule has 0 fully saturated rings. The maximum Gasteiger partial charge on any atom is 0.243 e. The van der Waals surface area contributed by atoms with Gasteiger partial charge in [0.1, 0.15) is 0 Å². The molecule has 8 heteroatoms. The van der Waals surface area contributed by atoms with Crippen molar-refractivity contribution in [2.75, 3.05) is 26.6 Å².